The Balaban J connectivity index is 1.47. The second-order valence-electron chi connectivity index (χ2n) is 7.11. The van der Waals surface area contributed by atoms with Gasteiger partial charge in [-0.05, 0) is 43.3 Å². The van der Waals surface area contributed by atoms with Gasteiger partial charge in [-0.2, -0.15) is 0 Å². The lowest BCUT2D eigenvalue weighted by atomic mass is 10.0. The second kappa shape index (κ2) is 6.96. The van der Waals surface area contributed by atoms with Gasteiger partial charge in [-0.1, -0.05) is 0 Å². The number of benzene rings is 1. The normalized spacial score (nSPS) is 18.0. The predicted molar refractivity (Wildman–Crippen MR) is 105 cm³/mol. The van der Waals surface area contributed by atoms with Gasteiger partial charge in [0.25, 0.3) is 0 Å². The number of carbonyl (C=O) groups is 1. The maximum absolute atomic E-state index is 11.9. The number of rotatable bonds is 3. The van der Waals surface area contributed by atoms with Gasteiger partial charge < -0.3 is 20.0 Å². The molecule has 6 nitrogen and oxygen atoms in total. The third kappa shape index (κ3) is 3.37. The highest BCUT2D eigenvalue weighted by Crippen LogP contribution is 2.29. The van der Waals surface area contributed by atoms with E-state index >= 15 is 0 Å². The molecule has 136 valence electrons. The van der Waals surface area contributed by atoms with Gasteiger partial charge in [-0.25, -0.2) is 4.98 Å². The van der Waals surface area contributed by atoms with Crippen LogP contribution >= 0.6 is 0 Å². The van der Waals surface area contributed by atoms with Crippen molar-refractivity contribution >= 4 is 28.8 Å². The summed E-state index contributed by atoms with van der Waals surface area (Å²) in [4.78, 5) is 22.9. The van der Waals surface area contributed by atoms with E-state index in [0.717, 1.165) is 55.4 Å². The van der Waals surface area contributed by atoms with E-state index in [1.165, 1.54) is 5.69 Å². The first kappa shape index (κ1) is 16.8. The Morgan fingerprint density at radius 2 is 1.73 bits per heavy atom. The van der Waals surface area contributed by atoms with Crippen LogP contribution in [-0.4, -0.2) is 56.1 Å². The number of aryl methyl sites for hydroxylation is 1. The van der Waals surface area contributed by atoms with Crippen molar-refractivity contribution in [1.82, 2.24) is 9.88 Å². The lowest BCUT2D eigenvalue weighted by Crippen LogP contribution is -2.44. The number of anilines is 4. The summed E-state index contributed by atoms with van der Waals surface area (Å²) in [6.45, 7) is 4.34. The quantitative estimate of drug-likeness (QED) is 0.921. The molecule has 2 aliphatic rings. The highest BCUT2D eigenvalue weighted by molar-refractivity contribution is 5.96. The number of amides is 1. The summed E-state index contributed by atoms with van der Waals surface area (Å²) in [5.74, 6) is 0.920. The zero-order valence-electron chi connectivity index (χ0n) is 15.4. The number of likely N-dealkylation sites (N-methyl/N-ethyl adjacent to an activating group) is 1. The molecular formula is C20H25N5O. The molecule has 1 aromatic heterocycles. The van der Waals surface area contributed by atoms with Crippen molar-refractivity contribution < 1.29 is 4.79 Å². The third-order valence-electron chi connectivity index (χ3n) is 5.31. The molecule has 0 spiro atoms. The van der Waals surface area contributed by atoms with E-state index in [9.17, 15) is 4.79 Å². The summed E-state index contributed by atoms with van der Waals surface area (Å²) in [5.41, 5.74) is 4.34. The largest absolute Gasteiger partial charge is 0.369 e. The topological polar surface area (TPSA) is 51.7 Å². The minimum Gasteiger partial charge on any atom is -0.369 e. The number of carbonyl (C=O) groups excluding carboxylic acids is 1. The summed E-state index contributed by atoms with van der Waals surface area (Å²) in [6.07, 6.45) is 3.20. The van der Waals surface area contributed by atoms with Gasteiger partial charge in [0.15, 0.2) is 0 Å². The van der Waals surface area contributed by atoms with Crippen LogP contribution in [0, 0.1) is 0 Å². The zero-order valence-corrected chi connectivity index (χ0v) is 15.4. The first-order valence-electron chi connectivity index (χ1n) is 9.16. The summed E-state index contributed by atoms with van der Waals surface area (Å²) < 4.78 is 0. The number of pyridine rings is 1. The van der Waals surface area contributed by atoms with E-state index in [0.29, 0.717) is 6.42 Å². The molecule has 0 unspecified atom stereocenters. The summed E-state index contributed by atoms with van der Waals surface area (Å²) in [7, 11) is 4.00. The van der Waals surface area contributed by atoms with Gasteiger partial charge in [0.2, 0.25) is 5.91 Å². The van der Waals surface area contributed by atoms with Crippen LogP contribution in [0.25, 0.3) is 0 Å². The van der Waals surface area contributed by atoms with Crippen LogP contribution < -0.4 is 15.1 Å². The third-order valence-corrected chi connectivity index (χ3v) is 5.31. The molecule has 0 bridgehead atoms. The maximum atomic E-state index is 11.9. The molecule has 6 heteroatoms. The minimum atomic E-state index is 0.158. The molecule has 26 heavy (non-hydrogen) atoms. The number of hydrogen-bond acceptors (Lipinski definition) is 5. The lowest BCUT2D eigenvalue weighted by Gasteiger charge is -2.34. The van der Waals surface area contributed by atoms with Crippen molar-refractivity contribution in [2.75, 3.05) is 55.4 Å². The van der Waals surface area contributed by atoms with Gasteiger partial charge in [0.1, 0.15) is 5.82 Å². The van der Waals surface area contributed by atoms with Crippen LogP contribution in [0.4, 0.5) is 22.9 Å². The lowest BCUT2D eigenvalue weighted by molar-refractivity contribution is -0.118. The van der Waals surface area contributed by atoms with Crippen molar-refractivity contribution in [3.63, 3.8) is 0 Å². The highest BCUT2D eigenvalue weighted by Gasteiger charge is 2.21. The number of nitrogens with zero attached hydrogens (tertiary/aromatic N) is 4. The molecule has 0 atom stereocenters. The summed E-state index contributed by atoms with van der Waals surface area (Å²) in [6, 6.07) is 10.4. The van der Waals surface area contributed by atoms with Crippen LogP contribution in [-0.2, 0) is 11.2 Å². The molecule has 1 saturated heterocycles. The Hall–Kier alpha value is -2.60. The molecule has 2 aliphatic heterocycles. The molecule has 0 radical (unpaired) electrons. The molecule has 3 heterocycles. The number of hydrogen-bond donors (Lipinski definition) is 1. The molecule has 1 aromatic carbocycles. The Kier molecular flexibility index (Phi) is 4.51. The van der Waals surface area contributed by atoms with Crippen molar-refractivity contribution in [3.05, 3.63) is 42.1 Å². The van der Waals surface area contributed by atoms with Crippen molar-refractivity contribution in [2.24, 2.45) is 0 Å². The SMILES string of the molecule is CN1CCN(c2ccc(Nc3cc4c(cn3)CCC(=O)N4C)cc2)CC1. The Labute approximate surface area is 154 Å². The highest BCUT2D eigenvalue weighted by atomic mass is 16.2. The molecule has 1 amide bonds. The Bertz CT molecular complexity index is 796. The molecule has 1 fully saturated rings. The predicted octanol–water partition coefficient (Wildman–Crippen LogP) is 2.49. The second-order valence-corrected chi connectivity index (χ2v) is 7.11. The number of nitrogens with one attached hydrogen (secondary N) is 1. The Morgan fingerprint density at radius 3 is 2.46 bits per heavy atom. The first-order chi connectivity index (χ1) is 12.6. The van der Waals surface area contributed by atoms with Gasteiger partial charge in [-0.3, -0.25) is 4.79 Å². The maximum Gasteiger partial charge on any atom is 0.227 e. The summed E-state index contributed by atoms with van der Waals surface area (Å²) in [5, 5.41) is 3.35. The average Bonchev–Trinajstić information content (AvgIpc) is 2.66. The number of aromatic nitrogens is 1. The molecule has 4 rings (SSSR count). The fourth-order valence-electron chi connectivity index (χ4n) is 3.56. The minimum absolute atomic E-state index is 0.158. The number of piperazine rings is 1. The van der Waals surface area contributed by atoms with Crippen molar-refractivity contribution in [1.29, 1.82) is 0 Å². The fraction of sp³-hybridized carbons (Fsp3) is 0.400. The molecule has 1 N–H and O–H groups in total. The van der Waals surface area contributed by atoms with Crippen molar-refractivity contribution in [3.8, 4) is 0 Å². The average molecular weight is 351 g/mol. The van der Waals surface area contributed by atoms with E-state index in [2.05, 4.69) is 51.4 Å². The monoisotopic (exact) mass is 351 g/mol. The first-order valence-corrected chi connectivity index (χ1v) is 9.16. The number of fused-ring (bicyclic) bond motifs is 1. The Morgan fingerprint density at radius 1 is 1.00 bits per heavy atom. The van der Waals surface area contributed by atoms with Gasteiger partial charge in [0.05, 0.1) is 5.69 Å². The van der Waals surface area contributed by atoms with Crippen molar-refractivity contribution in [2.45, 2.75) is 12.8 Å². The molecule has 2 aromatic rings. The van der Waals surface area contributed by atoms with E-state index in [1.807, 2.05) is 19.3 Å². The van der Waals surface area contributed by atoms with Crippen LogP contribution in [0.5, 0.6) is 0 Å². The zero-order chi connectivity index (χ0) is 18.1. The smallest absolute Gasteiger partial charge is 0.227 e. The molecular weight excluding hydrogens is 326 g/mol. The van der Waals surface area contributed by atoms with Crippen LogP contribution in [0.1, 0.15) is 12.0 Å². The van der Waals surface area contributed by atoms with Gasteiger partial charge in [-0.15, -0.1) is 0 Å². The fourth-order valence-corrected chi connectivity index (χ4v) is 3.56. The van der Waals surface area contributed by atoms with Crippen LogP contribution in [0.15, 0.2) is 36.5 Å². The van der Waals surface area contributed by atoms with Gasteiger partial charge >= 0.3 is 0 Å². The van der Waals surface area contributed by atoms with E-state index < -0.39 is 0 Å². The van der Waals surface area contributed by atoms with Crippen LogP contribution in [0.3, 0.4) is 0 Å². The van der Waals surface area contributed by atoms with E-state index in [1.54, 1.807) is 4.90 Å². The van der Waals surface area contributed by atoms with E-state index in [4.69, 9.17) is 0 Å². The summed E-state index contributed by atoms with van der Waals surface area (Å²) >= 11 is 0. The van der Waals surface area contributed by atoms with Crippen LogP contribution in [0.2, 0.25) is 0 Å². The van der Waals surface area contributed by atoms with Gasteiger partial charge in [0, 0.05) is 63.3 Å². The standard InChI is InChI=1S/C20H25N5O/c1-23-9-11-25(12-10-23)17-6-4-16(5-7-17)22-19-13-18-15(14-21-19)3-8-20(26)24(18)2/h4-7,13-14H,3,8-12H2,1-2H3,(H,21,22). The van der Waals surface area contributed by atoms with E-state index in [-0.39, 0.29) is 5.91 Å². The molecule has 0 saturated carbocycles. The molecule has 0 aliphatic carbocycles.